The summed E-state index contributed by atoms with van der Waals surface area (Å²) in [4.78, 5) is 15.6. The SMILES string of the molecule is CN1C2CCC1CN(Cc1cc(C(=O)O)no1)CC2. The molecule has 0 spiro atoms. The molecule has 1 aromatic rings. The topological polar surface area (TPSA) is 69.8 Å². The van der Waals surface area contributed by atoms with Crippen molar-refractivity contribution in [2.24, 2.45) is 0 Å². The maximum Gasteiger partial charge on any atom is 0.358 e. The molecule has 2 atom stereocenters. The molecule has 6 heteroatoms. The van der Waals surface area contributed by atoms with Gasteiger partial charge in [0.2, 0.25) is 0 Å². The zero-order chi connectivity index (χ0) is 13.4. The molecule has 0 saturated carbocycles. The molecule has 3 heterocycles. The number of rotatable bonds is 3. The van der Waals surface area contributed by atoms with E-state index in [9.17, 15) is 4.79 Å². The largest absolute Gasteiger partial charge is 0.476 e. The fraction of sp³-hybridized carbons (Fsp3) is 0.692. The number of hydrogen-bond donors (Lipinski definition) is 1. The lowest BCUT2D eigenvalue weighted by molar-refractivity contribution is 0.0685. The van der Waals surface area contributed by atoms with Gasteiger partial charge in [-0.15, -0.1) is 0 Å². The highest BCUT2D eigenvalue weighted by molar-refractivity contribution is 5.85. The summed E-state index contributed by atoms with van der Waals surface area (Å²) in [6.07, 6.45) is 3.74. The number of aromatic carboxylic acids is 1. The Balaban J connectivity index is 1.65. The molecule has 2 saturated heterocycles. The van der Waals surface area contributed by atoms with Crippen molar-refractivity contribution in [3.63, 3.8) is 0 Å². The van der Waals surface area contributed by atoms with E-state index in [2.05, 4.69) is 22.0 Å². The van der Waals surface area contributed by atoms with Crippen LogP contribution in [0.15, 0.2) is 10.6 Å². The van der Waals surface area contributed by atoms with E-state index in [1.807, 2.05) is 0 Å². The number of hydrogen-bond acceptors (Lipinski definition) is 5. The highest BCUT2D eigenvalue weighted by atomic mass is 16.5. The highest BCUT2D eigenvalue weighted by Gasteiger charge is 2.34. The maximum atomic E-state index is 10.8. The summed E-state index contributed by atoms with van der Waals surface area (Å²) >= 11 is 0. The molecule has 2 aliphatic rings. The Hall–Kier alpha value is -1.40. The third-order valence-corrected chi connectivity index (χ3v) is 4.39. The Morgan fingerprint density at radius 1 is 1.47 bits per heavy atom. The smallest absolute Gasteiger partial charge is 0.358 e. The van der Waals surface area contributed by atoms with Gasteiger partial charge < -0.3 is 9.63 Å². The minimum Gasteiger partial charge on any atom is -0.476 e. The van der Waals surface area contributed by atoms with E-state index >= 15 is 0 Å². The van der Waals surface area contributed by atoms with Crippen LogP contribution < -0.4 is 0 Å². The van der Waals surface area contributed by atoms with E-state index < -0.39 is 5.97 Å². The van der Waals surface area contributed by atoms with Crippen LogP contribution in [0.2, 0.25) is 0 Å². The minimum absolute atomic E-state index is 0.0107. The first-order valence-electron chi connectivity index (χ1n) is 6.76. The van der Waals surface area contributed by atoms with Crippen LogP contribution in [0.25, 0.3) is 0 Å². The second-order valence-electron chi connectivity index (χ2n) is 5.56. The molecule has 1 aromatic heterocycles. The number of carboxylic acid groups (broad SMARTS) is 1. The molecule has 2 bridgehead atoms. The van der Waals surface area contributed by atoms with Crippen molar-refractivity contribution in [3.8, 4) is 0 Å². The van der Waals surface area contributed by atoms with Gasteiger partial charge in [0.15, 0.2) is 11.5 Å². The first-order valence-corrected chi connectivity index (χ1v) is 6.76. The van der Waals surface area contributed by atoms with E-state index in [1.165, 1.54) is 25.3 Å². The predicted molar refractivity (Wildman–Crippen MR) is 67.9 cm³/mol. The van der Waals surface area contributed by atoms with Crippen molar-refractivity contribution in [1.29, 1.82) is 0 Å². The van der Waals surface area contributed by atoms with Gasteiger partial charge in [-0.1, -0.05) is 5.16 Å². The second-order valence-corrected chi connectivity index (χ2v) is 5.56. The average molecular weight is 265 g/mol. The van der Waals surface area contributed by atoms with Gasteiger partial charge >= 0.3 is 5.97 Å². The Morgan fingerprint density at radius 2 is 2.26 bits per heavy atom. The molecule has 3 rings (SSSR count). The lowest BCUT2D eigenvalue weighted by Gasteiger charge is -2.24. The zero-order valence-corrected chi connectivity index (χ0v) is 11.1. The molecule has 1 N–H and O–H groups in total. The third kappa shape index (κ3) is 2.50. The predicted octanol–water partition coefficient (Wildman–Crippen LogP) is 1.04. The van der Waals surface area contributed by atoms with Crippen LogP contribution in [-0.2, 0) is 6.54 Å². The number of nitrogens with zero attached hydrogens (tertiary/aromatic N) is 3. The fourth-order valence-electron chi connectivity index (χ4n) is 3.23. The normalized spacial score (nSPS) is 28.5. The van der Waals surface area contributed by atoms with Gasteiger partial charge in [0, 0.05) is 31.2 Å². The lowest BCUT2D eigenvalue weighted by Crippen LogP contribution is -2.36. The summed E-state index contributed by atoms with van der Waals surface area (Å²) in [7, 11) is 2.21. The lowest BCUT2D eigenvalue weighted by atomic mass is 10.1. The molecule has 0 radical (unpaired) electrons. The van der Waals surface area contributed by atoms with Crippen LogP contribution in [-0.4, -0.2) is 58.3 Å². The first-order chi connectivity index (χ1) is 9.13. The molecule has 0 amide bonds. The number of carboxylic acids is 1. The van der Waals surface area contributed by atoms with Gasteiger partial charge in [-0.25, -0.2) is 4.79 Å². The molecular formula is C13H19N3O3. The van der Waals surface area contributed by atoms with Crippen molar-refractivity contribution in [3.05, 3.63) is 17.5 Å². The molecule has 19 heavy (non-hydrogen) atoms. The number of likely N-dealkylation sites (tertiary alicyclic amines) is 1. The molecular weight excluding hydrogens is 246 g/mol. The standard InChI is InChI=1S/C13H19N3O3/c1-15-9-2-3-10(15)7-16(5-4-9)8-11-6-12(13(17)18)14-19-11/h6,9-10H,2-5,7-8H2,1H3,(H,17,18). The van der Waals surface area contributed by atoms with Crippen molar-refractivity contribution in [1.82, 2.24) is 15.0 Å². The summed E-state index contributed by atoms with van der Waals surface area (Å²) in [5, 5.41) is 12.4. The number of likely N-dealkylation sites (N-methyl/N-ethyl adjacent to an activating group) is 1. The quantitative estimate of drug-likeness (QED) is 0.880. The van der Waals surface area contributed by atoms with Gasteiger partial charge in [-0.2, -0.15) is 0 Å². The van der Waals surface area contributed by atoms with E-state index in [0.29, 0.717) is 24.4 Å². The molecule has 2 fully saturated rings. The number of aromatic nitrogens is 1. The van der Waals surface area contributed by atoms with Crippen LogP contribution in [0.4, 0.5) is 0 Å². The Morgan fingerprint density at radius 3 is 3.00 bits per heavy atom. The Kier molecular flexibility index (Phi) is 3.28. The molecule has 6 nitrogen and oxygen atoms in total. The van der Waals surface area contributed by atoms with Crippen molar-refractivity contribution < 1.29 is 14.4 Å². The molecule has 2 aliphatic heterocycles. The average Bonchev–Trinajstić information content (AvgIpc) is 2.89. The van der Waals surface area contributed by atoms with Gasteiger partial charge in [0.25, 0.3) is 0 Å². The van der Waals surface area contributed by atoms with Gasteiger partial charge in [0.1, 0.15) is 0 Å². The summed E-state index contributed by atoms with van der Waals surface area (Å²) in [5.41, 5.74) is -0.0107. The van der Waals surface area contributed by atoms with Gasteiger partial charge in [-0.05, 0) is 26.3 Å². The summed E-state index contributed by atoms with van der Waals surface area (Å²) in [5.74, 6) is -0.400. The van der Waals surface area contributed by atoms with E-state index in [0.717, 1.165) is 13.1 Å². The van der Waals surface area contributed by atoms with Crippen LogP contribution in [0.3, 0.4) is 0 Å². The van der Waals surface area contributed by atoms with Crippen LogP contribution in [0, 0.1) is 0 Å². The monoisotopic (exact) mass is 265 g/mol. The minimum atomic E-state index is -1.04. The molecule has 0 aliphatic carbocycles. The highest BCUT2D eigenvalue weighted by Crippen LogP contribution is 2.29. The maximum absolute atomic E-state index is 10.8. The van der Waals surface area contributed by atoms with Crippen molar-refractivity contribution in [2.75, 3.05) is 20.1 Å². The third-order valence-electron chi connectivity index (χ3n) is 4.39. The van der Waals surface area contributed by atoms with Crippen LogP contribution in [0.1, 0.15) is 35.5 Å². The zero-order valence-electron chi connectivity index (χ0n) is 11.1. The van der Waals surface area contributed by atoms with Crippen LogP contribution in [0.5, 0.6) is 0 Å². The van der Waals surface area contributed by atoms with E-state index in [4.69, 9.17) is 9.63 Å². The van der Waals surface area contributed by atoms with E-state index in [-0.39, 0.29) is 5.69 Å². The van der Waals surface area contributed by atoms with Crippen LogP contribution >= 0.6 is 0 Å². The summed E-state index contributed by atoms with van der Waals surface area (Å²) in [6.45, 7) is 2.71. The molecule has 0 aromatic carbocycles. The number of fused-ring (bicyclic) bond motifs is 2. The summed E-state index contributed by atoms with van der Waals surface area (Å²) < 4.78 is 5.09. The molecule has 2 unspecified atom stereocenters. The van der Waals surface area contributed by atoms with Crippen molar-refractivity contribution >= 4 is 5.97 Å². The Bertz CT molecular complexity index is 473. The fourth-order valence-corrected chi connectivity index (χ4v) is 3.23. The van der Waals surface area contributed by atoms with E-state index in [1.54, 1.807) is 0 Å². The first kappa shape index (κ1) is 12.6. The number of carbonyl (C=O) groups is 1. The van der Waals surface area contributed by atoms with Gasteiger partial charge in [0.05, 0.1) is 6.54 Å². The molecule has 104 valence electrons. The van der Waals surface area contributed by atoms with Gasteiger partial charge in [-0.3, -0.25) is 9.80 Å². The summed E-state index contributed by atoms with van der Waals surface area (Å²) in [6, 6.07) is 2.85. The van der Waals surface area contributed by atoms with Crippen molar-refractivity contribution in [2.45, 2.75) is 37.9 Å². The second kappa shape index (κ2) is 4.94. The Labute approximate surface area is 112 Å².